The highest BCUT2D eigenvalue weighted by Crippen LogP contribution is 2.41. The molecule has 2 aliphatic rings. The summed E-state index contributed by atoms with van der Waals surface area (Å²) in [7, 11) is 0. The molecule has 3 aromatic heterocycles. The topological polar surface area (TPSA) is 111 Å². The van der Waals surface area contributed by atoms with Crippen LogP contribution in [0.1, 0.15) is 66.1 Å². The Bertz CT molecular complexity index is 1450. The van der Waals surface area contributed by atoms with Crippen LogP contribution in [0, 0.1) is 0 Å². The summed E-state index contributed by atoms with van der Waals surface area (Å²) in [6, 6.07) is 12.7. The first-order valence-corrected chi connectivity index (χ1v) is 13.1. The molecule has 2 aliphatic carbocycles. The minimum absolute atomic E-state index is 0.317. The van der Waals surface area contributed by atoms with Crippen LogP contribution in [0.15, 0.2) is 36.4 Å². The molecule has 6 rings (SSSR count). The number of aryl methyl sites for hydroxylation is 2. The van der Waals surface area contributed by atoms with Crippen molar-refractivity contribution in [1.82, 2.24) is 4.98 Å². The van der Waals surface area contributed by atoms with Crippen molar-refractivity contribution in [1.29, 1.82) is 0 Å². The Labute approximate surface area is 205 Å². The van der Waals surface area contributed by atoms with Gasteiger partial charge < -0.3 is 16.8 Å². The van der Waals surface area contributed by atoms with Crippen molar-refractivity contribution in [3.05, 3.63) is 74.1 Å². The summed E-state index contributed by atoms with van der Waals surface area (Å²) in [5.74, 6) is -0.354. The number of aromatic nitrogens is 1. The van der Waals surface area contributed by atoms with Gasteiger partial charge in [-0.2, -0.15) is 0 Å². The van der Waals surface area contributed by atoms with E-state index in [1.807, 2.05) is 6.07 Å². The summed E-state index contributed by atoms with van der Waals surface area (Å²) in [6.45, 7) is 0. The van der Waals surface area contributed by atoms with Gasteiger partial charge in [0.2, 0.25) is 0 Å². The molecule has 0 aliphatic heterocycles. The van der Waals surface area contributed by atoms with E-state index in [4.69, 9.17) is 16.5 Å². The van der Waals surface area contributed by atoms with E-state index in [0.29, 0.717) is 27.0 Å². The molecule has 6 nitrogen and oxygen atoms in total. The second kappa shape index (κ2) is 8.21. The van der Waals surface area contributed by atoms with Crippen molar-refractivity contribution in [3.63, 3.8) is 0 Å². The second-order valence-corrected chi connectivity index (χ2v) is 11.1. The standard InChI is InChI=1S/C26H24N4O2S2/c27-21-17-12-15-11-14(13-5-2-1-3-6-13)9-10-18(15)29-25(17)34-22(21)24(32)30-26-20(23(28)31)16-7-4-8-19(16)33-26/h1-3,5-6,12,14H,4,7-11,27H2,(H2,28,31)(H,30,32). The Morgan fingerprint density at radius 3 is 2.71 bits per heavy atom. The number of carbonyl (C=O) groups is 2. The summed E-state index contributed by atoms with van der Waals surface area (Å²) < 4.78 is 0. The summed E-state index contributed by atoms with van der Waals surface area (Å²) in [5.41, 5.74) is 17.6. The van der Waals surface area contributed by atoms with E-state index >= 15 is 0 Å². The number of anilines is 2. The molecule has 8 heteroatoms. The van der Waals surface area contributed by atoms with Crippen LogP contribution in [0.2, 0.25) is 0 Å². The highest BCUT2D eigenvalue weighted by atomic mass is 32.1. The van der Waals surface area contributed by atoms with Crippen molar-refractivity contribution < 1.29 is 9.59 Å². The van der Waals surface area contributed by atoms with Crippen molar-refractivity contribution in [2.75, 3.05) is 11.1 Å². The molecule has 5 N–H and O–H groups in total. The zero-order valence-corrected chi connectivity index (χ0v) is 20.2. The summed E-state index contributed by atoms with van der Waals surface area (Å²) in [5, 5.41) is 4.27. The number of carbonyl (C=O) groups excluding carboxylic acids is 2. The fourth-order valence-electron chi connectivity index (χ4n) is 5.28. The number of primary amides is 1. The molecule has 2 amide bonds. The van der Waals surface area contributed by atoms with E-state index in [1.54, 1.807) is 0 Å². The van der Waals surface area contributed by atoms with Gasteiger partial charge in [-0.3, -0.25) is 9.59 Å². The van der Waals surface area contributed by atoms with Gasteiger partial charge in [-0.1, -0.05) is 30.3 Å². The fourth-order valence-corrected chi connectivity index (χ4v) is 7.56. The summed E-state index contributed by atoms with van der Waals surface area (Å²) in [4.78, 5) is 32.5. The van der Waals surface area contributed by atoms with Crippen molar-refractivity contribution >= 4 is 55.4 Å². The van der Waals surface area contributed by atoms with Crippen LogP contribution in [0.4, 0.5) is 10.7 Å². The van der Waals surface area contributed by atoms with Gasteiger partial charge >= 0.3 is 0 Å². The lowest BCUT2D eigenvalue weighted by Crippen LogP contribution is -2.17. The Balaban J connectivity index is 1.31. The SMILES string of the molecule is NC(=O)c1c(NC(=O)c2sc3nc4c(cc3c2N)CC(c2ccccc2)CC4)sc2c1CCC2. The Kier molecular flexibility index (Phi) is 5.15. The molecule has 1 aromatic carbocycles. The first kappa shape index (κ1) is 21.3. The Morgan fingerprint density at radius 1 is 1.09 bits per heavy atom. The average Bonchev–Trinajstić information content (AvgIpc) is 3.51. The average molecular weight is 489 g/mol. The molecule has 0 radical (unpaired) electrons. The lowest BCUT2D eigenvalue weighted by molar-refractivity contribution is 0.100. The molecular formula is C26H24N4O2S2. The monoisotopic (exact) mass is 488 g/mol. The van der Waals surface area contributed by atoms with Gasteiger partial charge in [0.15, 0.2) is 0 Å². The number of nitrogens with two attached hydrogens (primary N) is 2. The van der Waals surface area contributed by atoms with Gasteiger partial charge in [0.25, 0.3) is 11.8 Å². The van der Waals surface area contributed by atoms with Gasteiger partial charge in [0, 0.05) is 16.0 Å². The van der Waals surface area contributed by atoms with Crippen molar-refractivity contribution in [3.8, 4) is 0 Å². The number of hydrogen-bond acceptors (Lipinski definition) is 6. The zero-order chi connectivity index (χ0) is 23.4. The lowest BCUT2D eigenvalue weighted by Gasteiger charge is -2.24. The van der Waals surface area contributed by atoms with Crippen LogP contribution in [0.25, 0.3) is 10.2 Å². The lowest BCUT2D eigenvalue weighted by atomic mass is 9.82. The molecule has 3 heterocycles. The van der Waals surface area contributed by atoms with E-state index in [9.17, 15) is 9.59 Å². The molecule has 4 aromatic rings. The molecule has 1 unspecified atom stereocenters. The molecular weight excluding hydrogens is 464 g/mol. The second-order valence-electron chi connectivity index (χ2n) is 9.02. The van der Waals surface area contributed by atoms with Crippen LogP contribution in [0.3, 0.4) is 0 Å². The zero-order valence-electron chi connectivity index (χ0n) is 18.5. The van der Waals surface area contributed by atoms with E-state index in [2.05, 4.69) is 35.6 Å². The Hall–Kier alpha value is -3.23. The van der Waals surface area contributed by atoms with E-state index < -0.39 is 5.91 Å². The largest absolute Gasteiger partial charge is 0.397 e. The molecule has 172 valence electrons. The van der Waals surface area contributed by atoms with Crippen LogP contribution in [-0.2, 0) is 25.7 Å². The Morgan fingerprint density at radius 2 is 1.91 bits per heavy atom. The number of amides is 2. The third-order valence-electron chi connectivity index (χ3n) is 6.96. The number of nitrogens with zero attached hydrogens (tertiary/aromatic N) is 1. The predicted molar refractivity (Wildman–Crippen MR) is 138 cm³/mol. The van der Waals surface area contributed by atoms with Gasteiger partial charge in [0.1, 0.15) is 14.7 Å². The molecule has 0 fully saturated rings. The van der Waals surface area contributed by atoms with Gasteiger partial charge in [-0.25, -0.2) is 4.98 Å². The maximum absolute atomic E-state index is 13.2. The first-order chi connectivity index (χ1) is 16.5. The summed E-state index contributed by atoms with van der Waals surface area (Å²) in [6.07, 6.45) is 5.64. The number of nitrogen functional groups attached to an aromatic ring is 1. The van der Waals surface area contributed by atoms with Gasteiger partial charge in [0.05, 0.1) is 11.3 Å². The number of benzene rings is 1. The number of hydrogen-bond donors (Lipinski definition) is 3. The maximum Gasteiger partial charge on any atom is 0.268 e. The van der Waals surface area contributed by atoms with Crippen LogP contribution in [-0.4, -0.2) is 16.8 Å². The van der Waals surface area contributed by atoms with Gasteiger partial charge in [-0.05, 0) is 67.2 Å². The first-order valence-electron chi connectivity index (χ1n) is 11.5. The third kappa shape index (κ3) is 3.49. The van der Waals surface area contributed by atoms with Crippen LogP contribution >= 0.6 is 22.7 Å². The molecule has 0 bridgehead atoms. The van der Waals surface area contributed by atoms with Gasteiger partial charge in [-0.15, -0.1) is 22.7 Å². The molecule has 0 spiro atoms. The smallest absolute Gasteiger partial charge is 0.268 e. The van der Waals surface area contributed by atoms with E-state index in [1.165, 1.54) is 33.8 Å². The fraction of sp³-hybridized carbons (Fsp3) is 0.269. The highest BCUT2D eigenvalue weighted by molar-refractivity contribution is 7.21. The van der Waals surface area contributed by atoms with E-state index in [-0.39, 0.29) is 5.91 Å². The predicted octanol–water partition coefficient (Wildman–Crippen LogP) is 5.05. The minimum Gasteiger partial charge on any atom is -0.397 e. The maximum atomic E-state index is 13.2. The number of thiophene rings is 2. The normalized spacial score (nSPS) is 16.9. The minimum atomic E-state index is -0.499. The van der Waals surface area contributed by atoms with E-state index in [0.717, 1.165) is 64.9 Å². The number of fused-ring (bicyclic) bond motifs is 3. The third-order valence-corrected chi connectivity index (χ3v) is 9.28. The summed E-state index contributed by atoms with van der Waals surface area (Å²) >= 11 is 2.75. The molecule has 0 saturated carbocycles. The molecule has 0 saturated heterocycles. The molecule has 34 heavy (non-hydrogen) atoms. The van der Waals surface area contributed by atoms with Crippen molar-refractivity contribution in [2.45, 2.75) is 44.4 Å². The van der Waals surface area contributed by atoms with Crippen LogP contribution in [0.5, 0.6) is 0 Å². The van der Waals surface area contributed by atoms with Crippen molar-refractivity contribution in [2.24, 2.45) is 5.73 Å². The highest BCUT2D eigenvalue weighted by Gasteiger charge is 2.28. The van der Waals surface area contributed by atoms with Crippen LogP contribution < -0.4 is 16.8 Å². The number of rotatable bonds is 4. The molecule has 1 atom stereocenters. The quantitative estimate of drug-likeness (QED) is 0.373. The number of nitrogens with one attached hydrogen (secondary N) is 1. The number of pyridine rings is 1.